The van der Waals surface area contributed by atoms with Crippen LogP contribution in [0.2, 0.25) is 0 Å². The van der Waals surface area contributed by atoms with Crippen LogP contribution in [-0.4, -0.2) is 80.1 Å². The second-order valence-corrected chi connectivity index (χ2v) is 7.90. The maximum absolute atomic E-state index is 6.19. The second-order valence-electron chi connectivity index (χ2n) is 7.90. The van der Waals surface area contributed by atoms with Crippen molar-refractivity contribution < 1.29 is 0 Å². The number of nitrogens with two attached hydrogens (primary N) is 1. The summed E-state index contributed by atoms with van der Waals surface area (Å²) in [5.74, 6) is 0. The van der Waals surface area contributed by atoms with Crippen LogP contribution in [0.25, 0.3) is 0 Å². The molecule has 4 nitrogen and oxygen atoms in total. The van der Waals surface area contributed by atoms with Gasteiger partial charge in [0.15, 0.2) is 0 Å². The summed E-state index contributed by atoms with van der Waals surface area (Å²) in [6.45, 7) is 12.8. The molecule has 0 aromatic heterocycles. The van der Waals surface area contributed by atoms with Crippen molar-refractivity contribution in [2.24, 2.45) is 11.1 Å². The first-order valence-electron chi connectivity index (χ1n) is 8.19. The SMILES string of the molecule is CN(C)CCN1CCN(C2(CN)CCC(C)(C)C2)CC1. The van der Waals surface area contributed by atoms with Gasteiger partial charge in [-0.05, 0) is 38.8 Å². The van der Waals surface area contributed by atoms with E-state index in [4.69, 9.17) is 5.73 Å². The van der Waals surface area contributed by atoms with Gasteiger partial charge in [0, 0.05) is 51.4 Å². The largest absolute Gasteiger partial charge is 0.329 e. The van der Waals surface area contributed by atoms with E-state index in [0.29, 0.717) is 5.41 Å². The normalized spacial score (nSPS) is 32.1. The van der Waals surface area contributed by atoms with Crippen molar-refractivity contribution in [3.63, 3.8) is 0 Å². The number of rotatable bonds is 5. The average Bonchev–Trinajstić information content (AvgIpc) is 2.74. The van der Waals surface area contributed by atoms with Gasteiger partial charge < -0.3 is 10.6 Å². The minimum absolute atomic E-state index is 0.289. The molecule has 2 N–H and O–H groups in total. The maximum atomic E-state index is 6.19. The third-order valence-corrected chi connectivity index (χ3v) is 5.36. The van der Waals surface area contributed by atoms with Crippen LogP contribution in [0.1, 0.15) is 33.1 Å². The first kappa shape index (κ1) is 16.2. The molecule has 1 aliphatic heterocycles. The van der Waals surface area contributed by atoms with Gasteiger partial charge >= 0.3 is 0 Å². The lowest BCUT2D eigenvalue weighted by molar-refractivity contribution is 0.0321. The zero-order valence-corrected chi connectivity index (χ0v) is 14.0. The molecule has 1 atom stereocenters. The number of nitrogens with zero attached hydrogens (tertiary/aromatic N) is 3. The molecule has 1 saturated heterocycles. The number of piperazine rings is 1. The monoisotopic (exact) mass is 282 g/mol. The highest BCUT2D eigenvalue weighted by atomic mass is 15.3. The molecule has 20 heavy (non-hydrogen) atoms. The molecule has 0 radical (unpaired) electrons. The second kappa shape index (κ2) is 6.30. The van der Waals surface area contributed by atoms with E-state index in [1.54, 1.807) is 0 Å². The average molecular weight is 282 g/mol. The van der Waals surface area contributed by atoms with Gasteiger partial charge in [-0.25, -0.2) is 0 Å². The molecule has 4 heteroatoms. The molecular weight excluding hydrogens is 248 g/mol. The van der Waals surface area contributed by atoms with Crippen LogP contribution >= 0.6 is 0 Å². The van der Waals surface area contributed by atoms with Crippen molar-refractivity contribution in [2.45, 2.75) is 38.6 Å². The predicted octanol–water partition coefficient (Wildman–Crippen LogP) is 1.07. The number of hydrogen-bond donors (Lipinski definition) is 1. The summed E-state index contributed by atoms with van der Waals surface area (Å²) >= 11 is 0. The van der Waals surface area contributed by atoms with Crippen molar-refractivity contribution in [2.75, 3.05) is 59.9 Å². The van der Waals surface area contributed by atoms with Crippen LogP contribution in [0.3, 0.4) is 0 Å². The van der Waals surface area contributed by atoms with E-state index in [9.17, 15) is 0 Å². The zero-order valence-electron chi connectivity index (χ0n) is 14.0. The van der Waals surface area contributed by atoms with Crippen molar-refractivity contribution in [1.29, 1.82) is 0 Å². The van der Waals surface area contributed by atoms with Crippen LogP contribution < -0.4 is 5.73 Å². The van der Waals surface area contributed by atoms with E-state index in [1.807, 2.05) is 0 Å². The Kier molecular flexibility index (Phi) is 5.11. The molecule has 1 saturated carbocycles. The Bertz CT molecular complexity index is 308. The van der Waals surface area contributed by atoms with Crippen molar-refractivity contribution in [3.05, 3.63) is 0 Å². The maximum Gasteiger partial charge on any atom is 0.0338 e. The smallest absolute Gasteiger partial charge is 0.0338 e. The summed E-state index contributed by atoms with van der Waals surface area (Å²) in [7, 11) is 4.31. The molecule has 2 rings (SSSR count). The number of likely N-dealkylation sites (N-methyl/N-ethyl adjacent to an activating group) is 1. The Labute approximate surface area is 125 Å². The lowest BCUT2D eigenvalue weighted by Gasteiger charge is -2.46. The minimum Gasteiger partial charge on any atom is -0.329 e. The molecule has 2 aliphatic rings. The van der Waals surface area contributed by atoms with E-state index in [1.165, 1.54) is 52.0 Å². The fourth-order valence-electron chi connectivity index (χ4n) is 4.00. The Balaban J connectivity index is 1.86. The van der Waals surface area contributed by atoms with Crippen molar-refractivity contribution in [3.8, 4) is 0 Å². The lowest BCUT2D eigenvalue weighted by Crippen LogP contribution is -2.59. The van der Waals surface area contributed by atoms with E-state index in [0.717, 1.165) is 13.1 Å². The van der Waals surface area contributed by atoms with Crippen LogP contribution in [-0.2, 0) is 0 Å². The first-order valence-corrected chi connectivity index (χ1v) is 8.19. The third kappa shape index (κ3) is 3.73. The predicted molar refractivity (Wildman–Crippen MR) is 86.0 cm³/mol. The summed E-state index contributed by atoms with van der Waals surface area (Å²) in [6.07, 6.45) is 3.88. The quantitative estimate of drug-likeness (QED) is 0.818. The molecule has 118 valence electrons. The Morgan fingerprint density at radius 1 is 1.05 bits per heavy atom. The topological polar surface area (TPSA) is 35.7 Å². The third-order valence-electron chi connectivity index (χ3n) is 5.36. The molecule has 2 fully saturated rings. The molecule has 0 spiro atoms. The summed E-state index contributed by atoms with van der Waals surface area (Å²) in [6, 6.07) is 0. The van der Waals surface area contributed by atoms with E-state index in [-0.39, 0.29) is 5.54 Å². The standard InChI is InChI=1S/C16H34N4/c1-15(2)5-6-16(13-15,14-17)20-11-9-19(10-12-20)8-7-18(3)4/h5-14,17H2,1-4H3. The van der Waals surface area contributed by atoms with Crippen LogP contribution in [0.5, 0.6) is 0 Å². The van der Waals surface area contributed by atoms with Crippen LogP contribution in [0.4, 0.5) is 0 Å². The minimum atomic E-state index is 0.289. The lowest BCUT2D eigenvalue weighted by atomic mass is 9.86. The summed E-state index contributed by atoms with van der Waals surface area (Å²) in [5, 5.41) is 0. The van der Waals surface area contributed by atoms with Gasteiger partial charge in [0.05, 0.1) is 0 Å². The van der Waals surface area contributed by atoms with E-state index < -0.39 is 0 Å². The molecule has 1 heterocycles. The first-order chi connectivity index (χ1) is 9.37. The fourth-order valence-corrected chi connectivity index (χ4v) is 4.00. The van der Waals surface area contributed by atoms with Gasteiger partial charge in [-0.1, -0.05) is 13.8 Å². The summed E-state index contributed by atoms with van der Waals surface area (Å²) in [5.41, 5.74) is 6.95. The number of hydrogen-bond acceptors (Lipinski definition) is 4. The molecule has 0 aromatic carbocycles. The van der Waals surface area contributed by atoms with E-state index >= 15 is 0 Å². The molecule has 1 aliphatic carbocycles. The Hall–Kier alpha value is -0.160. The van der Waals surface area contributed by atoms with Crippen LogP contribution in [0, 0.1) is 5.41 Å². The zero-order chi connectivity index (χ0) is 14.8. The summed E-state index contributed by atoms with van der Waals surface area (Å²) < 4.78 is 0. The van der Waals surface area contributed by atoms with Crippen molar-refractivity contribution >= 4 is 0 Å². The molecule has 0 amide bonds. The van der Waals surface area contributed by atoms with Gasteiger partial charge in [-0.3, -0.25) is 9.80 Å². The summed E-state index contributed by atoms with van der Waals surface area (Å²) in [4.78, 5) is 7.57. The highest BCUT2D eigenvalue weighted by Crippen LogP contribution is 2.46. The molecular formula is C16H34N4. The van der Waals surface area contributed by atoms with Gasteiger partial charge in [0.25, 0.3) is 0 Å². The van der Waals surface area contributed by atoms with Gasteiger partial charge in [-0.2, -0.15) is 0 Å². The van der Waals surface area contributed by atoms with E-state index in [2.05, 4.69) is 42.6 Å². The fraction of sp³-hybridized carbons (Fsp3) is 1.00. The van der Waals surface area contributed by atoms with Crippen LogP contribution in [0.15, 0.2) is 0 Å². The Morgan fingerprint density at radius 2 is 1.70 bits per heavy atom. The molecule has 0 aromatic rings. The van der Waals surface area contributed by atoms with Gasteiger partial charge in [0.1, 0.15) is 0 Å². The van der Waals surface area contributed by atoms with Crippen molar-refractivity contribution in [1.82, 2.24) is 14.7 Å². The highest BCUT2D eigenvalue weighted by molar-refractivity contribution is 5.03. The molecule has 1 unspecified atom stereocenters. The Morgan fingerprint density at radius 3 is 2.15 bits per heavy atom. The van der Waals surface area contributed by atoms with Gasteiger partial charge in [0.2, 0.25) is 0 Å². The highest BCUT2D eigenvalue weighted by Gasteiger charge is 2.46. The van der Waals surface area contributed by atoms with Gasteiger partial charge in [-0.15, -0.1) is 0 Å². The molecule has 0 bridgehead atoms.